The SMILES string of the molecule is CN1N=C(C(=O)N2CCN(C)[C@H](c3ncc[nH]3)C2)CCC1=O. The molecule has 1 atom stereocenters. The summed E-state index contributed by atoms with van der Waals surface area (Å²) < 4.78 is 0. The minimum Gasteiger partial charge on any atom is -0.347 e. The van der Waals surface area contributed by atoms with Gasteiger partial charge in [0.15, 0.2) is 0 Å². The minimum absolute atomic E-state index is 0.0521. The van der Waals surface area contributed by atoms with Crippen LogP contribution in [0.4, 0.5) is 0 Å². The van der Waals surface area contributed by atoms with Gasteiger partial charge in [-0.15, -0.1) is 0 Å². The molecule has 0 bridgehead atoms. The number of nitrogens with zero attached hydrogens (tertiary/aromatic N) is 5. The van der Waals surface area contributed by atoms with Gasteiger partial charge in [-0.1, -0.05) is 0 Å². The van der Waals surface area contributed by atoms with Crippen molar-refractivity contribution < 1.29 is 9.59 Å². The molecule has 1 fully saturated rings. The van der Waals surface area contributed by atoms with Crippen molar-refractivity contribution in [2.24, 2.45) is 5.10 Å². The van der Waals surface area contributed by atoms with Crippen LogP contribution in [-0.2, 0) is 9.59 Å². The number of carbonyl (C=O) groups is 2. The van der Waals surface area contributed by atoms with Gasteiger partial charge in [0, 0.05) is 51.9 Å². The second kappa shape index (κ2) is 5.88. The van der Waals surface area contributed by atoms with E-state index in [1.165, 1.54) is 5.01 Å². The Morgan fingerprint density at radius 2 is 2.14 bits per heavy atom. The quantitative estimate of drug-likeness (QED) is 0.822. The molecule has 0 unspecified atom stereocenters. The summed E-state index contributed by atoms with van der Waals surface area (Å²) in [6.07, 6.45) is 4.27. The maximum atomic E-state index is 12.6. The zero-order chi connectivity index (χ0) is 15.7. The average molecular weight is 304 g/mol. The number of hydrogen-bond donors (Lipinski definition) is 1. The van der Waals surface area contributed by atoms with Gasteiger partial charge in [-0.3, -0.25) is 14.5 Å². The molecular formula is C14H20N6O2. The molecule has 2 amide bonds. The Balaban J connectivity index is 1.73. The lowest BCUT2D eigenvalue weighted by atomic mass is 10.1. The molecule has 8 heteroatoms. The van der Waals surface area contributed by atoms with Gasteiger partial charge in [0.2, 0.25) is 5.91 Å². The zero-order valence-electron chi connectivity index (χ0n) is 12.8. The molecule has 0 aromatic carbocycles. The standard InChI is InChI=1S/C14H20N6O2/c1-18-7-8-20(9-11(18)13-15-5-6-16-13)14(22)10-3-4-12(21)19(2)17-10/h5-6,11H,3-4,7-9H2,1-2H3,(H,15,16)/t11-/m0/s1. The summed E-state index contributed by atoms with van der Waals surface area (Å²) in [6.45, 7) is 2.00. The number of aromatic amines is 1. The number of piperazine rings is 1. The van der Waals surface area contributed by atoms with Gasteiger partial charge in [0.05, 0.1) is 6.04 Å². The third-order valence-corrected chi connectivity index (χ3v) is 4.22. The topological polar surface area (TPSA) is 84.9 Å². The van der Waals surface area contributed by atoms with Crippen LogP contribution < -0.4 is 0 Å². The van der Waals surface area contributed by atoms with E-state index in [1.54, 1.807) is 24.3 Å². The molecule has 118 valence electrons. The van der Waals surface area contributed by atoms with Crippen LogP contribution in [0.3, 0.4) is 0 Å². The van der Waals surface area contributed by atoms with Crippen LogP contribution in [0, 0.1) is 0 Å². The third-order valence-electron chi connectivity index (χ3n) is 4.22. The van der Waals surface area contributed by atoms with E-state index in [-0.39, 0.29) is 17.9 Å². The Morgan fingerprint density at radius 1 is 1.32 bits per heavy atom. The summed E-state index contributed by atoms with van der Waals surface area (Å²) >= 11 is 0. The lowest BCUT2D eigenvalue weighted by Gasteiger charge is -2.38. The number of carbonyl (C=O) groups excluding carboxylic acids is 2. The van der Waals surface area contributed by atoms with Crippen molar-refractivity contribution in [2.75, 3.05) is 33.7 Å². The summed E-state index contributed by atoms with van der Waals surface area (Å²) in [5.74, 6) is 0.727. The highest BCUT2D eigenvalue weighted by molar-refractivity contribution is 6.39. The van der Waals surface area contributed by atoms with E-state index in [1.807, 2.05) is 7.05 Å². The predicted octanol–water partition coefficient (Wildman–Crippen LogP) is -0.167. The van der Waals surface area contributed by atoms with E-state index >= 15 is 0 Å². The first-order chi connectivity index (χ1) is 10.6. The maximum Gasteiger partial charge on any atom is 0.270 e. The predicted molar refractivity (Wildman–Crippen MR) is 80.0 cm³/mol. The van der Waals surface area contributed by atoms with Crippen LogP contribution in [0.2, 0.25) is 0 Å². The summed E-state index contributed by atoms with van der Waals surface area (Å²) in [5.41, 5.74) is 0.463. The summed E-state index contributed by atoms with van der Waals surface area (Å²) in [6, 6.07) is 0.0521. The van der Waals surface area contributed by atoms with Crippen LogP contribution >= 0.6 is 0 Å². The number of aromatic nitrogens is 2. The minimum atomic E-state index is -0.0796. The molecule has 3 heterocycles. The Morgan fingerprint density at radius 3 is 2.82 bits per heavy atom. The Labute approximate surface area is 128 Å². The highest BCUT2D eigenvalue weighted by Crippen LogP contribution is 2.22. The van der Waals surface area contributed by atoms with Gasteiger partial charge < -0.3 is 9.88 Å². The lowest BCUT2D eigenvalue weighted by Crippen LogP contribution is -2.51. The molecule has 0 spiro atoms. The molecular weight excluding hydrogens is 284 g/mol. The largest absolute Gasteiger partial charge is 0.347 e. The first-order valence-electron chi connectivity index (χ1n) is 7.39. The van der Waals surface area contributed by atoms with Crippen LogP contribution in [0.5, 0.6) is 0 Å². The van der Waals surface area contributed by atoms with Crippen LogP contribution in [0.15, 0.2) is 17.5 Å². The normalized spacial score (nSPS) is 23.6. The second-order valence-electron chi connectivity index (χ2n) is 5.69. The van der Waals surface area contributed by atoms with E-state index in [0.29, 0.717) is 31.6 Å². The molecule has 8 nitrogen and oxygen atoms in total. The molecule has 2 aliphatic rings. The van der Waals surface area contributed by atoms with Gasteiger partial charge >= 0.3 is 0 Å². The van der Waals surface area contributed by atoms with Crippen molar-refractivity contribution in [3.05, 3.63) is 18.2 Å². The highest BCUT2D eigenvalue weighted by Gasteiger charge is 2.33. The number of amides is 2. The van der Waals surface area contributed by atoms with Crippen molar-refractivity contribution in [1.82, 2.24) is 24.8 Å². The fraction of sp³-hybridized carbons (Fsp3) is 0.571. The Bertz CT molecular complexity index is 596. The molecule has 0 radical (unpaired) electrons. The number of hydrazone groups is 1. The first-order valence-corrected chi connectivity index (χ1v) is 7.39. The van der Waals surface area contributed by atoms with Gasteiger partial charge in [-0.2, -0.15) is 5.10 Å². The molecule has 22 heavy (non-hydrogen) atoms. The fourth-order valence-corrected chi connectivity index (χ4v) is 2.82. The van der Waals surface area contributed by atoms with Crippen LogP contribution in [0.1, 0.15) is 24.7 Å². The number of hydrogen-bond acceptors (Lipinski definition) is 5. The molecule has 3 rings (SSSR count). The van der Waals surface area contributed by atoms with Crippen molar-refractivity contribution in [3.63, 3.8) is 0 Å². The van der Waals surface area contributed by atoms with Crippen LogP contribution in [-0.4, -0.2) is 76.0 Å². The zero-order valence-corrected chi connectivity index (χ0v) is 12.8. The van der Waals surface area contributed by atoms with Gasteiger partial charge in [-0.05, 0) is 7.05 Å². The smallest absolute Gasteiger partial charge is 0.270 e. The van der Waals surface area contributed by atoms with E-state index in [9.17, 15) is 9.59 Å². The third kappa shape index (κ3) is 2.74. The molecule has 1 N–H and O–H groups in total. The van der Waals surface area contributed by atoms with E-state index < -0.39 is 0 Å². The van der Waals surface area contributed by atoms with Gasteiger partial charge in [0.1, 0.15) is 11.5 Å². The Hall–Kier alpha value is -2.22. The number of rotatable bonds is 2. The number of H-pyrrole nitrogens is 1. The monoisotopic (exact) mass is 304 g/mol. The molecule has 2 aliphatic heterocycles. The number of imidazole rings is 1. The second-order valence-corrected chi connectivity index (χ2v) is 5.69. The summed E-state index contributed by atoms with van der Waals surface area (Å²) in [4.78, 5) is 35.5. The molecule has 0 aliphatic carbocycles. The van der Waals surface area contributed by atoms with E-state index in [0.717, 1.165) is 12.4 Å². The number of likely N-dealkylation sites (N-methyl/N-ethyl adjacent to an activating group) is 1. The van der Waals surface area contributed by atoms with Crippen molar-refractivity contribution in [1.29, 1.82) is 0 Å². The van der Waals surface area contributed by atoms with Crippen molar-refractivity contribution in [3.8, 4) is 0 Å². The van der Waals surface area contributed by atoms with Gasteiger partial charge in [-0.25, -0.2) is 9.99 Å². The number of nitrogens with one attached hydrogen (secondary N) is 1. The van der Waals surface area contributed by atoms with Gasteiger partial charge in [0.25, 0.3) is 5.91 Å². The summed E-state index contributed by atoms with van der Waals surface area (Å²) in [5, 5.41) is 5.38. The lowest BCUT2D eigenvalue weighted by molar-refractivity contribution is -0.131. The Kier molecular flexibility index (Phi) is 3.93. The highest BCUT2D eigenvalue weighted by atomic mass is 16.2. The molecule has 1 saturated heterocycles. The van der Waals surface area contributed by atoms with Crippen LogP contribution in [0.25, 0.3) is 0 Å². The van der Waals surface area contributed by atoms with Crippen molar-refractivity contribution in [2.45, 2.75) is 18.9 Å². The fourth-order valence-electron chi connectivity index (χ4n) is 2.82. The molecule has 1 aromatic rings. The first kappa shape index (κ1) is 14.7. The summed E-state index contributed by atoms with van der Waals surface area (Å²) in [7, 11) is 3.62. The van der Waals surface area contributed by atoms with E-state index in [2.05, 4.69) is 20.0 Å². The van der Waals surface area contributed by atoms with Crippen molar-refractivity contribution >= 4 is 17.5 Å². The molecule has 0 saturated carbocycles. The molecule has 1 aromatic heterocycles. The average Bonchev–Trinajstić information content (AvgIpc) is 3.04. The van der Waals surface area contributed by atoms with E-state index in [4.69, 9.17) is 0 Å². The maximum absolute atomic E-state index is 12.6.